The number of sulfone groups is 1. The third kappa shape index (κ3) is 4.04. The van der Waals surface area contributed by atoms with Gasteiger partial charge in [0, 0.05) is 6.42 Å². The van der Waals surface area contributed by atoms with Crippen molar-refractivity contribution in [3.05, 3.63) is 157 Å². The summed E-state index contributed by atoms with van der Waals surface area (Å²) in [5.41, 5.74) is 8.50. The van der Waals surface area contributed by atoms with Crippen molar-refractivity contribution in [2.24, 2.45) is 0 Å². The SMILES string of the molecule is CCc1nc2cccc3c2n1-c1ccc(-c2ccc4c(-c5ccccc5)c5ccccc5c(-c5cccc6ccccc56)c4c2)cc1S3(=O)=O. The summed E-state index contributed by atoms with van der Waals surface area (Å²) in [6.07, 6.45) is 0.689. The van der Waals surface area contributed by atoms with Gasteiger partial charge in [-0.1, -0.05) is 128 Å². The van der Waals surface area contributed by atoms with E-state index in [-0.39, 0.29) is 0 Å². The molecule has 0 radical (unpaired) electrons. The van der Waals surface area contributed by atoms with Gasteiger partial charge in [0.15, 0.2) is 0 Å². The summed E-state index contributed by atoms with van der Waals surface area (Å²) in [6, 6.07) is 52.2. The molecule has 238 valence electrons. The lowest BCUT2D eigenvalue weighted by molar-refractivity contribution is 0.594. The molecular formula is C45H30N2O2S. The van der Waals surface area contributed by atoms with E-state index in [1.807, 2.05) is 28.8 Å². The normalized spacial score (nSPS) is 13.3. The second-order valence-electron chi connectivity index (χ2n) is 13.0. The fourth-order valence-corrected chi connectivity index (χ4v) is 9.74. The molecule has 0 N–H and O–H groups in total. The Hall–Kier alpha value is -6.04. The Morgan fingerprint density at radius 1 is 0.540 bits per heavy atom. The number of rotatable bonds is 4. The number of hydrogen-bond acceptors (Lipinski definition) is 3. The number of para-hydroxylation sites is 1. The summed E-state index contributed by atoms with van der Waals surface area (Å²) in [5.74, 6) is 0.849. The molecule has 1 aliphatic heterocycles. The van der Waals surface area contributed by atoms with E-state index in [4.69, 9.17) is 4.98 Å². The average Bonchev–Trinajstić information content (AvgIpc) is 3.55. The Balaban J connectivity index is 1.29. The van der Waals surface area contributed by atoms with E-state index in [1.54, 1.807) is 12.1 Å². The lowest BCUT2D eigenvalue weighted by Gasteiger charge is -2.22. The second kappa shape index (κ2) is 10.7. The lowest BCUT2D eigenvalue weighted by Crippen LogP contribution is -2.16. The molecule has 0 saturated heterocycles. The van der Waals surface area contributed by atoms with Gasteiger partial charge in [0.05, 0.1) is 26.5 Å². The maximum absolute atomic E-state index is 14.2. The topological polar surface area (TPSA) is 52.0 Å². The van der Waals surface area contributed by atoms with E-state index in [0.717, 1.165) is 33.3 Å². The molecule has 0 aliphatic carbocycles. The summed E-state index contributed by atoms with van der Waals surface area (Å²) in [5, 5.41) is 7.01. The highest BCUT2D eigenvalue weighted by atomic mass is 32.2. The predicted molar refractivity (Wildman–Crippen MR) is 205 cm³/mol. The van der Waals surface area contributed by atoms with Gasteiger partial charge in [-0.15, -0.1) is 0 Å². The molecule has 1 aromatic heterocycles. The number of benzene rings is 8. The van der Waals surface area contributed by atoms with Gasteiger partial charge in [0.2, 0.25) is 9.84 Å². The van der Waals surface area contributed by atoms with Gasteiger partial charge in [-0.05, 0) is 96.0 Å². The minimum Gasteiger partial charge on any atom is -0.294 e. The average molecular weight is 663 g/mol. The van der Waals surface area contributed by atoms with Crippen LogP contribution in [0.2, 0.25) is 0 Å². The molecule has 8 aromatic carbocycles. The molecule has 50 heavy (non-hydrogen) atoms. The van der Waals surface area contributed by atoms with Crippen molar-refractivity contribution in [2.75, 3.05) is 0 Å². The quantitative estimate of drug-likeness (QED) is 0.176. The van der Waals surface area contributed by atoms with Crippen LogP contribution in [0.1, 0.15) is 12.7 Å². The van der Waals surface area contributed by atoms with Crippen molar-refractivity contribution in [1.29, 1.82) is 0 Å². The molecule has 0 spiro atoms. The zero-order chi connectivity index (χ0) is 33.6. The molecule has 0 bridgehead atoms. The van der Waals surface area contributed by atoms with Crippen molar-refractivity contribution >= 4 is 53.2 Å². The van der Waals surface area contributed by atoms with E-state index < -0.39 is 9.84 Å². The minimum atomic E-state index is -3.78. The molecule has 0 fully saturated rings. The molecule has 0 saturated carbocycles. The highest BCUT2D eigenvalue weighted by Gasteiger charge is 2.33. The molecule has 0 atom stereocenters. The van der Waals surface area contributed by atoms with Crippen molar-refractivity contribution in [3.63, 3.8) is 0 Å². The maximum atomic E-state index is 14.2. The van der Waals surface area contributed by atoms with Crippen LogP contribution in [-0.2, 0) is 16.3 Å². The van der Waals surface area contributed by atoms with Crippen LogP contribution in [-0.4, -0.2) is 18.0 Å². The summed E-state index contributed by atoms with van der Waals surface area (Å²) in [7, 11) is -3.78. The van der Waals surface area contributed by atoms with Crippen molar-refractivity contribution < 1.29 is 8.42 Å². The fourth-order valence-electron chi connectivity index (χ4n) is 8.08. The van der Waals surface area contributed by atoms with E-state index in [2.05, 4.69) is 122 Å². The number of imidazole rings is 1. The Labute approximate surface area is 289 Å². The zero-order valence-corrected chi connectivity index (χ0v) is 28.1. The molecule has 0 unspecified atom stereocenters. The van der Waals surface area contributed by atoms with Gasteiger partial charge >= 0.3 is 0 Å². The van der Waals surface area contributed by atoms with Gasteiger partial charge in [-0.3, -0.25) is 4.57 Å². The number of hydrogen-bond donors (Lipinski definition) is 0. The van der Waals surface area contributed by atoms with Crippen molar-refractivity contribution in [3.8, 4) is 39.1 Å². The first kappa shape index (κ1) is 28.9. The first-order valence-corrected chi connectivity index (χ1v) is 18.4. The third-order valence-corrected chi connectivity index (χ3v) is 12.1. The monoisotopic (exact) mass is 662 g/mol. The Bertz CT molecular complexity index is 2970. The first-order chi connectivity index (χ1) is 24.5. The van der Waals surface area contributed by atoms with Gasteiger partial charge in [-0.2, -0.15) is 0 Å². The maximum Gasteiger partial charge on any atom is 0.210 e. The minimum absolute atomic E-state index is 0.306. The van der Waals surface area contributed by atoms with Crippen LogP contribution >= 0.6 is 0 Å². The molecule has 1 aliphatic rings. The third-order valence-electron chi connectivity index (χ3n) is 10.3. The van der Waals surface area contributed by atoms with E-state index in [0.29, 0.717) is 32.9 Å². The molecule has 9 aromatic rings. The molecule has 0 amide bonds. The van der Waals surface area contributed by atoms with Crippen LogP contribution in [0.4, 0.5) is 0 Å². The largest absolute Gasteiger partial charge is 0.294 e. The van der Waals surface area contributed by atoms with Crippen LogP contribution in [0.25, 0.3) is 82.4 Å². The predicted octanol–water partition coefficient (Wildman–Crippen LogP) is 11.2. The number of aryl methyl sites for hydroxylation is 1. The van der Waals surface area contributed by atoms with Crippen molar-refractivity contribution in [1.82, 2.24) is 9.55 Å². The second-order valence-corrected chi connectivity index (χ2v) is 14.9. The molecule has 5 heteroatoms. The van der Waals surface area contributed by atoms with Gasteiger partial charge in [-0.25, -0.2) is 13.4 Å². The highest BCUT2D eigenvalue weighted by molar-refractivity contribution is 7.92. The standard InChI is InChI=1S/C45H30N2O2S/c1-2-42-46-38-20-11-21-40-45(38)47(42)39-25-23-31(27-41(39)50(40,48)49)30-22-24-36-37(26-30)44(33-19-10-15-28-12-6-7-16-32(28)33)35-18-9-8-17-34(35)43(36)29-13-4-3-5-14-29/h3-27H,2H2,1H3. The summed E-state index contributed by atoms with van der Waals surface area (Å²) >= 11 is 0. The molecule has 10 rings (SSSR count). The van der Waals surface area contributed by atoms with Crippen LogP contribution in [0.3, 0.4) is 0 Å². The lowest BCUT2D eigenvalue weighted by atomic mass is 9.84. The fraction of sp³-hybridized carbons (Fsp3) is 0.0444. The van der Waals surface area contributed by atoms with Gasteiger partial charge < -0.3 is 0 Å². The molecule has 2 heterocycles. The van der Waals surface area contributed by atoms with Crippen LogP contribution < -0.4 is 0 Å². The molecular weight excluding hydrogens is 633 g/mol. The Kier molecular flexibility index (Phi) is 6.21. The number of aromatic nitrogens is 2. The smallest absolute Gasteiger partial charge is 0.210 e. The summed E-state index contributed by atoms with van der Waals surface area (Å²) in [4.78, 5) is 5.41. The van der Waals surface area contributed by atoms with E-state index >= 15 is 0 Å². The van der Waals surface area contributed by atoms with E-state index in [1.165, 1.54) is 38.2 Å². The van der Waals surface area contributed by atoms with Crippen LogP contribution in [0.15, 0.2) is 161 Å². The van der Waals surface area contributed by atoms with Crippen LogP contribution in [0, 0.1) is 0 Å². The zero-order valence-electron chi connectivity index (χ0n) is 27.3. The van der Waals surface area contributed by atoms with E-state index in [9.17, 15) is 8.42 Å². The van der Waals surface area contributed by atoms with Gasteiger partial charge in [0.1, 0.15) is 5.82 Å². The Morgan fingerprint density at radius 3 is 2.02 bits per heavy atom. The summed E-state index contributed by atoms with van der Waals surface area (Å²) < 4.78 is 30.5. The highest BCUT2D eigenvalue weighted by Crippen LogP contribution is 2.47. The van der Waals surface area contributed by atoms with Crippen LogP contribution in [0.5, 0.6) is 0 Å². The molecule has 4 nitrogen and oxygen atoms in total. The first-order valence-electron chi connectivity index (χ1n) is 16.9. The summed E-state index contributed by atoms with van der Waals surface area (Å²) in [6.45, 7) is 2.05. The number of nitrogens with zero attached hydrogens (tertiary/aromatic N) is 2. The van der Waals surface area contributed by atoms with Gasteiger partial charge in [0.25, 0.3) is 0 Å². The van der Waals surface area contributed by atoms with Crippen molar-refractivity contribution in [2.45, 2.75) is 23.1 Å². The Morgan fingerprint density at radius 2 is 1.20 bits per heavy atom. The number of fused-ring (bicyclic) bond motifs is 5.